The monoisotopic (exact) mass is 321 g/mol. The lowest BCUT2D eigenvalue weighted by atomic mass is 10.3. The highest BCUT2D eigenvalue weighted by Crippen LogP contribution is 2.26. The van der Waals surface area contributed by atoms with Crippen LogP contribution in [0.25, 0.3) is 11.1 Å². The van der Waals surface area contributed by atoms with Crippen molar-refractivity contribution in [3.63, 3.8) is 0 Å². The zero-order valence-electron chi connectivity index (χ0n) is 11.1. The highest BCUT2D eigenvalue weighted by Gasteiger charge is 2.22. The number of aromatic nitrogens is 3. The zero-order chi connectivity index (χ0) is 14.2. The highest BCUT2D eigenvalue weighted by molar-refractivity contribution is 6.99. The molecule has 0 radical (unpaired) electrons. The van der Waals surface area contributed by atoms with Crippen molar-refractivity contribution in [2.24, 2.45) is 0 Å². The lowest BCUT2D eigenvalue weighted by Crippen LogP contribution is -2.46. The van der Waals surface area contributed by atoms with Crippen LogP contribution in [0, 0.1) is 0 Å². The van der Waals surface area contributed by atoms with Gasteiger partial charge >= 0.3 is 0 Å². The molecule has 6 nitrogen and oxygen atoms in total. The Bertz CT molecular complexity index is 751. The van der Waals surface area contributed by atoms with Gasteiger partial charge in [-0.25, -0.2) is 0 Å². The predicted molar refractivity (Wildman–Crippen MR) is 83.4 cm³/mol. The van der Waals surface area contributed by atoms with E-state index in [1.165, 1.54) is 11.7 Å². The third-order valence-electron chi connectivity index (χ3n) is 3.56. The van der Waals surface area contributed by atoms with Crippen LogP contribution < -0.4 is 9.80 Å². The van der Waals surface area contributed by atoms with Crippen LogP contribution in [0.3, 0.4) is 0 Å². The molecule has 1 aliphatic rings. The quantitative estimate of drug-likeness (QED) is 0.723. The topological polar surface area (TPSA) is 58.3 Å². The summed E-state index contributed by atoms with van der Waals surface area (Å²) < 4.78 is 14.1. The van der Waals surface area contributed by atoms with E-state index in [-0.39, 0.29) is 0 Å². The molecule has 108 valence electrons. The summed E-state index contributed by atoms with van der Waals surface area (Å²) in [5.41, 5.74) is 1.56. The summed E-state index contributed by atoms with van der Waals surface area (Å²) in [6.45, 7) is 3.45. The molecule has 3 aromatic rings. The molecule has 0 amide bonds. The molecule has 1 aromatic carbocycles. The number of rotatable bonds is 2. The van der Waals surface area contributed by atoms with E-state index < -0.39 is 0 Å². The van der Waals surface area contributed by atoms with Crippen molar-refractivity contribution in [3.05, 3.63) is 29.4 Å². The molecule has 1 saturated heterocycles. The van der Waals surface area contributed by atoms with Gasteiger partial charge in [0, 0.05) is 37.3 Å². The van der Waals surface area contributed by atoms with Crippen molar-refractivity contribution in [3.8, 4) is 0 Å². The van der Waals surface area contributed by atoms with E-state index in [1.54, 1.807) is 6.07 Å². The highest BCUT2D eigenvalue weighted by atomic mass is 35.5. The molecule has 3 heterocycles. The predicted octanol–water partition coefficient (Wildman–Crippen LogP) is 2.66. The first-order valence-electron chi connectivity index (χ1n) is 6.63. The minimum Gasteiger partial charge on any atom is -0.423 e. The summed E-state index contributed by atoms with van der Waals surface area (Å²) in [4.78, 5) is 8.89. The lowest BCUT2D eigenvalue weighted by molar-refractivity contribution is 0.541. The Kier molecular flexibility index (Phi) is 3.16. The third-order valence-corrected chi connectivity index (χ3v) is 4.27. The van der Waals surface area contributed by atoms with Gasteiger partial charge in [-0.3, -0.25) is 0 Å². The molecule has 0 unspecified atom stereocenters. The fourth-order valence-corrected chi connectivity index (χ4v) is 3.04. The molecule has 0 saturated carbocycles. The number of benzene rings is 1. The molecule has 8 heteroatoms. The van der Waals surface area contributed by atoms with Gasteiger partial charge in [0.25, 0.3) is 6.01 Å². The van der Waals surface area contributed by atoms with Crippen molar-refractivity contribution >= 4 is 46.3 Å². The number of nitrogens with zero attached hydrogens (tertiary/aromatic N) is 5. The van der Waals surface area contributed by atoms with Crippen LogP contribution in [0.15, 0.2) is 28.8 Å². The van der Waals surface area contributed by atoms with E-state index in [1.807, 2.05) is 18.3 Å². The van der Waals surface area contributed by atoms with Crippen molar-refractivity contribution in [1.82, 2.24) is 13.7 Å². The number of fused-ring (bicyclic) bond motifs is 1. The number of piperazine rings is 1. The largest absolute Gasteiger partial charge is 0.423 e. The molecular formula is C13H12ClN5OS. The smallest absolute Gasteiger partial charge is 0.298 e. The SMILES string of the molecule is Clc1ccc2nc(N3CCN(c4cnsn4)CC3)oc2c1. The van der Waals surface area contributed by atoms with Gasteiger partial charge in [0.05, 0.1) is 17.9 Å². The molecule has 4 rings (SSSR count). The number of halogens is 1. The molecule has 1 aliphatic heterocycles. The Balaban J connectivity index is 1.52. The Hall–Kier alpha value is -1.86. The van der Waals surface area contributed by atoms with Gasteiger partial charge < -0.3 is 14.2 Å². The van der Waals surface area contributed by atoms with Gasteiger partial charge in [-0.05, 0) is 12.1 Å². The first-order valence-corrected chi connectivity index (χ1v) is 7.74. The normalized spacial score (nSPS) is 15.9. The van der Waals surface area contributed by atoms with E-state index in [2.05, 4.69) is 23.5 Å². The Morgan fingerprint density at radius 1 is 1.14 bits per heavy atom. The van der Waals surface area contributed by atoms with Crippen LogP contribution >= 0.6 is 23.3 Å². The van der Waals surface area contributed by atoms with Crippen LogP contribution in [0.4, 0.5) is 11.8 Å². The van der Waals surface area contributed by atoms with Crippen LogP contribution in [-0.2, 0) is 0 Å². The van der Waals surface area contributed by atoms with Crippen molar-refractivity contribution in [2.45, 2.75) is 0 Å². The average Bonchev–Trinajstić information content (AvgIpc) is 3.16. The van der Waals surface area contributed by atoms with Crippen LogP contribution in [0.5, 0.6) is 0 Å². The standard InChI is InChI=1S/C13H12ClN5OS/c14-9-1-2-10-11(7-9)20-13(16-10)19-5-3-18(4-6-19)12-8-15-21-17-12/h1-2,7-8H,3-6H2. The summed E-state index contributed by atoms with van der Waals surface area (Å²) in [6.07, 6.45) is 1.81. The second-order valence-corrected chi connectivity index (χ2v) is 5.84. The van der Waals surface area contributed by atoms with E-state index in [0.29, 0.717) is 11.0 Å². The summed E-state index contributed by atoms with van der Waals surface area (Å²) >= 11 is 7.21. The van der Waals surface area contributed by atoms with Gasteiger partial charge in [0.2, 0.25) is 0 Å². The lowest BCUT2D eigenvalue weighted by Gasteiger charge is -2.33. The van der Waals surface area contributed by atoms with E-state index in [9.17, 15) is 0 Å². The molecule has 0 spiro atoms. The number of oxazole rings is 1. The molecule has 1 fully saturated rings. The Morgan fingerprint density at radius 3 is 2.71 bits per heavy atom. The van der Waals surface area contributed by atoms with E-state index in [0.717, 1.165) is 43.1 Å². The second kappa shape index (κ2) is 5.16. The molecule has 0 bridgehead atoms. The molecular weight excluding hydrogens is 310 g/mol. The molecule has 0 N–H and O–H groups in total. The second-order valence-electron chi connectivity index (χ2n) is 4.85. The first kappa shape index (κ1) is 12.8. The van der Waals surface area contributed by atoms with E-state index >= 15 is 0 Å². The minimum atomic E-state index is 0.656. The molecule has 0 atom stereocenters. The fraction of sp³-hybridized carbons (Fsp3) is 0.308. The van der Waals surface area contributed by atoms with Crippen LogP contribution in [-0.4, -0.2) is 39.9 Å². The Morgan fingerprint density at radius 2 is 1.95 bits per heavy atom. The average molecular weight is 322 g/mol. The van der Waals surface area contributed by atoms with Crippen LogP contribution in [0.1, 0.15) is 0 Å². The summed E-state index contributed by atoms with van der Waals surface area (Å²) in [5, 5.41) is 0.658. The van der Waals surface area contributed by atoms with Gasteiger partial charge in [0.1, 0.15) is 5.52 Å². The number of hydrogen-bond donors (Lipinski definition) is 0. The van der Waals surface area contributed by atoms with Crippen molar-refractivity contribution in [2.75, 3.05) is 36.0 Å². The summed E-state index contributed by atoms with van der Waals surface area (Å²) in [5.74, 6) is 0.948. The summed E-state index contributed by atoms with van der Waals surface area (Å²) in [7, 11) is 0. The number of anilines is 2. The zero-order valence-corrected chi connectivity index (χ0v) is 12.6. The summed E-state index contributed by atoms with van der Waals surface area (Å²) in [6, 6.07) is 6.15. The minimum absolute atomic E-state index is 0.656. The maximum atomic E-state index is 5.97. The molecule has 2 aromatic heterocycles. The Labute approximate surface area is 130 Å². The van der Waals surface area contributed by atoms with Crippen LogP contribution in [0.2, 0.25) is 5.02 Å². The molecule has 0 aliphatic carbocycles. The van der Waals surface area contributed by atoms with Gasteiger partial charge in [-0.1, -0.05) is 11.6 Å². The third kappa shape index (κ3) is 2.43. The van der Waals surface area contributed by atoms with E-state index in [4.69, 9.17) is 16.0 Å². The fourth-order valence-electron chi connectivity index (χ4n) is 2.45. The van der Waals surface area contributed by atoms with Crippen molar-refractivity contribution in [1.29, 1.82) is 0 Å². The maximum absolute atomic E-state index is 5.97. The van der Waals surface area contributed by atoms with Gasteiger partial charge in [-0.15, -0.1) is 0 Å². The van der Waals surface area contributed by atoms with Crippen molar-refractivity contribution < 1.29 is 4.42 Å². The first-order chi connectivity index (χ1) is 10.3. The van der Waals surface area contributed by atoms with Gasteiger partial charge in [0.15, 0.2) is 11.4 Å². The molecule has 21 heavy (non-hydrogen) atoms. The van der Waals surface area contributed by atoms with Gasteiger partial charge in [-0.2, -0.15) is 13.7 Å². The number of hydrogen-bond acceptors (Lipinski definition) is 7. The maximum Gasteiger partial charge on any atom is 0.298 e.